The summed E-state index contributed by atoms with van der Waals surface area (Å²) in [6, 6.07) is 7.19. The van der Waals surface area contributed by atoms with Gasteiger partial charge in [0.05, 0.1) is 0 Å². The second kappa shape index (κ2) is 5.53. The molecule has 1 fully saturated rings. The van der Waals surface area contributed by atoms with Gasteiger partial charge in [-0.15, -0.1) is 12.4 Å². The smallest absolute Gasteiger partial charge is 0.0325 e. The van der Waals surface area contributed by atoms with Gasteiger partial charge in [-0.05, 0) is 49.9 Å². The normalized spacial score (nSPS) is 20.8. The van der Waals surface area contributed by atoms with E-state index in [1.807, 2.05) is 0 Å². The highest BCUT2D eigenvalue weighted by Crippen LogP contribution is 2.27. The van der Waals surface area contributed by atoms with E-state index in [0.717, 1.165) is 0 Å². The van der Waals surface area contributed by atoms with Gasteiger partial charge in [-0.3, -0.25) is 0 Å². The van der Waals surface area contributed by atoms with E-state index in [0.29, 0.717) is 6.04 Å². The van der Waals surface area contributed by atoms with E-state index in [1.54, 1.807) is 0 Å². The molecule has 2 heteroatoms. The van der Waals surface area contributed by atoms with Crippen LogP contribution >= 0.6 is 12.4 Å². The van der Waals surface area contributed by atoms with Crippen molar-refractivity contribution in [1.29, 1.82) is 0 Å². The monoisotopic (exact) mass is 225 g/mol. The van der Waals surface area contributed by atoms with Crippen molar-refractivity contribution in [1.82, 2.24) is 5.32 Å². The second-order valence-corrected chi connectivity index (χ2v) is 4.31. The first-order chi connectivity index (χ1) is 6.79. The number of benzene rings is 1. The minimum Gasteiger partial charge on any atom is -0.310 e. The van der Waals surface area contributed by atoms with Crippen molar-refractivity contribution in [2.75, 3.05) is 6.54 Å². The molecule has 1 aliphatic rings. The Morgan fingerprint density at radius 3 is 2.33 bits per heavy atom. The molecule has 1 nitrogen and oxygen atoms in total. The van der Waals surface area contributed by atoms with Crippen LogP contribution in [0.1, 0.15) is 42.0 Å². The predicted octanol–water partition coefficient (Wildman–Crippen LogP) is 3.54. The Morgan fingerprint density at radius 1 is 1.13 bits per heavy atom. The summed E-state index contributed by atoms with van der Waals surface area (Å²) >= 11 is 0. The van der Waals surface area contributed by atoms with Crippen molar-refractivity contribution in [3.05, 3.63) is 34.9 Å². The SMILES string of the molecule is Cc1cccc(C)c1[C@H]1CCCCN1.Cl. The van der Waals surface area contributed by atoms with E-state index in [1.165, 1.54) is 42.5 Å². The molecule has 0 bridgehead atoms. The average Bonchev–Trinajstić information content (AvgIpc) is 2.19. The Bertz CT molecular complexity index is 296. The molecule has 0 aliphatic carbocycles. The van der Waals surface area contributed by atoms with Gasteiger partial charge in [0.25, 0.3) is 0 Å². The third-order valence-corrected chi connectivity index (χ3v) is 3.20. The van der Waals surface area contributed by atoms with Gasteiger partial charge in [0.2, 0.25) is 0 Å². The maximum atomic E-state index is 3.62. The summed E-state index contributed by atoms with van der Waals surface area (Å²) in [7, 11) is 0. The number of piperidine rings is 1. The summed E-state index contributed by atoms with van der Waals surface area (Å²) in [5.74, 6) is 0. The molecule has 1 aliphatic heterocycles. The molecule has 1 heterocycles. The third-order valence-electron chi connectivity index (χ3n) is 3.20. The molecule has 0 unspecified atom stereocenters. The molecule has 0 spiro atoms. The summed E-state index contributed by atoms with van der Waals surface area (Å²) in [5.41, 5.74) is 4.40. The number of hydrogen-bond acceptors (Lipinski definition) is 1. The average molecular weight is 226 g/mol. The zero-order valence-electron chi connectivity index (χ0n) is 9.55. The fourth-order valence-electron chi connectivity index (χ4n) is 2.48. The highest BCUT2D eigenvalue weighted by Gasteiger charge is 2.17. The first-order valence-corrected chi connectivity index (χ1v) is 5.58. The van der Waals surface area contributed by atoms with Crippen molar-refractivity contribution in [3.63, 3.8) is 0 Å². The highest BCUT2D eigenvalue weighted by molar-refractivity contribution is 5.85. The minimum atomic E-state index is 0. The fourth-order valence-corrected chi connectivity index (χ4v) is 2.48. The molecular weight excluding hydrogens is 206 g/mol. The summed E-state index contributed by atoms with van der Waals surface area (Å²) < 4.78 is 0. The van der Waals surface area contributed by atoms with Crippen LogP contribution in [-0.2, 0) is 0 Å². The quantitative estimate of drug-likeness (QED) is 0.771. The Labute approximate surface area is 98.7 Å². The standard InChI is InChI=1S/C13H19N.ClH/c1-10-6-5-7-11(2)13(10)12-8-3-4-9-14-12;/h5-7,12,14H,3-4,8-9H2,1-2H3;1H/t12-;/m1./s1. The number of aryl methyl sites for hydroxylation is 2. The van der Waals surface area contributed by atoms with Crippen LogP contribution in [0.5, 0.6) is 0 Å². The van der Waals surface area contributed by atoms with Crippen molar-refractivity contribution in [2.45, 2.75) is 39.2 Å². The van der Waals surface area contributed by atoms with E-state index in [9.17, 15) is 0 Å². The molecule has 0 saturated carbocycles. The van der Waals surface area contributed by atoms with E-state index in [4.69, 9.17) is 0 Å². The zero-order valence-corrected chi connectivity index (χ0v) is 10.4. The number of nitrogens with one attached hydrogen (secondary N) is 1. The van der Waals surface area contributed by atoms with Crippen LogP contribution in [0.3, 0.4) is 0 Å². The van der Waals surface area contributed by atoms with Gasteiger partial charge in [0.15, 0.2) is 0 Å². The Hall–Kier alpha value is -0.530. The lowest BCUT2D eigenvalue weighted by Gasteiger charge is -2.26. The molecule has 1 N–H and O–H groups in total. The molecule has 15 heavy (non-hydrogen) atoms. The van der Waals surface area contributed by atoms with Crippen molar-refractivity contribution in [2.24, 2.45) is 0 Å². The van der Waals surface area contributed by atoms with E-state index in [2.05, 4.69) is 37.4 Å². The summed E-state index contributed by atoms with van der Waals surface area (Å²) in [6.45, 7) is 5.62. The van der Waals surface area contributed by atoms with Crippen molar-refractivity contribution < 1.29 is 0 Å². The highest BCUT2D eigenvalue weighted by atomic mass is 35.5. The molecular formula is C13H20ClN. The van der Waals surface area contributed by atoms with Crippen LogP contribution in [-0.4, -0.2) is 6.54 Å². The third kappa shape index (κ3) is 2.73. The second-order valence-electron chi connectivity index (χ2n) is 4.31. The Morgan fingerprint density at radius 2 is 1.80 bits per heavy atom. The number of halogens is 1. The molecule has 1 atom stereocenters. The van der Waals surface area contributed by atoms with E-state index in [-0.39, 0.29) is 12.4 Å². The summed E-state index contributed by atoms with van der Waals surface area (Å²) in [4.78, 5) is 0. The zero-order chi connectivity index (χ0) is 9.97. The molecule has 1 aromatic rings. The van der Waals surface area contributed by atoms with Gasteiger partial charge < -0.3 is 5.32 Å². The molecule has 0 aromatic heterocycles. The van der Waals surface area contributed by atoms with Crippen LogP contribution in [0.4, 0.5) is 0 Å². The lowest BCUT2D eigenvalue weighted by molar-refractivity contribution is 0.410. The molecule has 84 valence electrons. The van der Waals surface area contributed by atoms with Gasteiger partial charge in [0, 0.05) is 6.04 Å². The first kappa shape index (κ1) is 12.5. The molecule has 0 radical (unpaired) electrons. The largest absolute Gasteiger partial charge is 0.310 e. The molecule has 1 aromatic carbocycles. The summed E-state index contributed by atoms with van der Waals surface area (Å²) in [5, 5.41) is 3.62. The van der Waals surface area contributed by atoms with Crippen LogP contribution in [0.2, 0.25) is 0 Å². The first-order valence-electron chi connectivity index (χ1n) is 5.58. The van der Waals surface area contributed by atoms with Gasteiger partial charge in [-0.25, -0.2) is 0 Å². The Balaban J connectivity index is 0.00000112. The van der Waals surface area contributed by atoms with Crippen LogP contribution in [0, 0.1) is 13.8 Å². The number of rotatable bonds is 1. The molecule has 0 amide bonds. The van der Waals surface area contributed by atoms with Crippen molar-refractivity contribution in [3.8, 4) is 0 Å². The summed E-state index contributed by atoms with van der Waals surface area (Å²) in [6.07, 6.45) is 4.00. The maximum Gasteiger partial charge on any atom is 0.0325 e. The fraction of sp³-hybridized carbons (Fsp3) is 0.538. The Kier molecular flexibility index (Phi) is 4.62. The van der Waals surface area contributed by atoms with Crippen molar-refractivity contribution >= 4 is 12.4 Å². The topological polar surface area (TPSA) is 12.0 Å². The van der Waals surface area contributed by atoms with Crippen LogP contribution in [0.25, 0.3) is 0 Å². The lowest BCUT2D eigenvalue weighted by atomic mass is 9.91. The van der Waals surface area contributed by atoms with Gasteiger partial charge >= 0.3 is 0 Å². The molecule has 2 rings (SSSR count). The van der Waals surface area contributed by atoms with Crippen LogP contribution in [0.15, 0.2) is 18.2 Å². The van der Waals surface area contributed by atoms with Gasteiger partial charge in [-0.1, -0.05) is 24.6 Å². The number of hydrogen-bond donors (Lipinski definition) is 1. The molecule has 1 saturated heterocycles. The maximum absolute atomic E-state index is 3.62. The predicted molar refractivity (Wildman–Crippen MR) is 67.8 cm³/mol. The van der Waals surface area contributed by atoms with E-state index < -0.39 is 0 Å². The van der Waals surface area contributed by atoms with Crippen LogP contribution < -0.4 is 5.32 Å². The van der Waals surface area contributed by atoms with E-state index >= 15 is 0 Å². The van der Waals surface area contributed by atoms with Gasteiger partial charge in [0.1, 0.15) is 0 Å². The lowest BCUT2D eigenvalue weighted by Crippen LogP contribution is -2.27. The van der Waals surface area contributed by atoms with Gasteiger partial charge in [-0.2, -0.15) is 0 Å². The minimum absolute atomic E-state index is 0.